The van der Waals surface area contributed by atoms with Crippen molar-refractivity contribution in [3.8, 4) is 22.8 Å². The molecule has 3 aromatic heterocycles. The van der Waals surface area contributed by atoms with Gasteiger partial charge in [0.1, 0.15) is 5.75 Å². The number of pyridine rings is 1. The molecule has 10 heteroatoms. The number of nitrogens with one attached hydrogen (secondary N) is 1. The zero-order valence-corrected chi connectivity index (χ0v) is 22.4. The molecule has 4 heterocycles. The third-order valence-electron chi connectivity index (χ3n) is 6.32. The predicted molar refractivity (Wildman–Crippen MR) is 148 cm³/mol. The van der Waals surface area contributed by atoms with Crippen molar-refractivity contribution in [1.82, 2.24) is 19.9 Å². The summed E-state index contributed by atoms with van der Waals surface area (Å²) in [5.41, 5.74) is 4.26. The van der Waals surface area contributed by atoms with Gasteiger partial charge < -0.3 is 29.7 Å². The topological polar surface area (TPSA) is 95.9 Å². The number of ether oxygens (including phenoxy) is 2. The third-order valence-corrected chi connectivity index (χ3v) is 7.42. The Morgan fingerprint density at radius 3 is 2.68 bits per heavy atom. The molecule has 1 aliphatic rings. The average Bonchev–Trinajstić information content (AvgIpc) is 3.27. The Kier molecular flexibility index (Phi) is 7.40. The highest BCUT2D eigenvalue weighted by molar-refractivity contribution is 7.19. The average molecular weight is 521 g/mol. The van der Waals surface area contributed by atoms with E-state index in [2.05, 4.69) is 44.3 Å². The molecule has 0 saturated carbocycles. The van der Waals surface area contributed by atoms with Crippen molar-refractivity contribution in [1.29, 1.82) is 0 Å². The molecule has 4 aromatic rings. The van der Waals surface area contributed by atoms with Crippen molar-refractivity contribution in [2.24, 2.45) is 0 Å². The van der Waals surface area contributed by atoms with Crippen LogP contribution in [0, 0.1) is 0 Å². The van der Waals surface area contributed by atoms with Crippen molar-refractivity contribution in [2.45, 2.75) is 26.6 Å². The number of piperazine rings is 1. The van der Waals surface area contributed by atoms with Crippen LogP contribution in [0.4, 0.5) is 17.3 Å². The van der Waals surface area contributed by atoms with Gasteiger partial charge >= 0.3 is 0 Å². The first-order valence-electron chi connectivity index (χ1n) is 12.4. The minimum Gasteiger partial charge on any atom is -0.489 e. The van der Waals surface area contributed by atoms with Gasteiger partial charge in [0, 0.05) is 60.1 Å². The number of aromatic nitrogens is 3. The lowest BCUT2D eigenvalue weighted by atomic mass is 10.1. The number of rotatable bonds is 8. The van der Waals surface area contributed by atoms with Crippen LogP contribution >= 0.6 is 11.3 Å². The second kappa shape index (κ2) is 10.9. The molecule has 0 aliphatic carbocycles. The molecule has 1 saturated heterocycles. The van der Waals surface area contributed by atoms with E-state index in [1.165, 1.54) is 11.3 Å². The molecule has 37 heavy (non-hydrogen) atoms. The van der Waals surface area contributed by atoms with E-state index in [-0.39, 0.29) is 12.7 Å². The van der Waals surface area contributed by atoms with E-state index in [1.807, 2.05) is 32.0 Å². The van der Waals surface area contributed by atoms with Gasteiger partial charge in [-0.25, -0.2) is 15.0 Å². The van der Waals surface area contributed by atoms with Gasteiger partial charge in [-0.3, -0.25) is 0 Å². The van der Waals surface area contributed by atoms with E-state index >= 15 is 0 Å². The maximum absolute atomic E-state index is 10.1. The van der Waals surface area contributed by atoms with Gasteiger partial charge in [-0.1, -0.05) is 0 Å². The summed E-state index contributed by atoms with van der Waals surface area (Å²) in [6, 6.07) is 10.00. The zero-order valence-electron chi connectivity index (χ0n) is 21.6. The van der Waals surface area contributed by atoms with Crippen molar-refractivity contribution < 1.29 is 14.6 Å². The molecular weight excluding hydrogens is 488 g/mol. The van der Waals surface area contributed by atoms with Crippen LogP contribution in [0.1, 0.15) is 18.7 Å². The summed E-state index contributed by atoms with van der Waals surface area (Å²) in [7, 11) is 3.74. The van der Waals surface area contributed by atoms with E-state index in [4.69, 9.17) is 14.5 Å². The van der Waals surface area contributed by atoms with Gasteiger partial charge in [0.2, 0.25) is 11.8 Å². The number of nitrogens with zero attached hydrogens (tertiary/aromatic N) is 5. The van der Waals surface area contributed by atoms with Crippen LogP contribution in [0.25, 0.3) is 21.3 Å². The summed E-state index contributed by atoms with van der Waals surface area (Å²) < 4.78 is 12.6. The van der Waals surface area contributed by atoms with Crippen LogP contribution in [0.5, 0.6) is 11.6 Å². The Morgan fingerprint density at radius 1 is 1.14 bits per heavy atom. The number of aliphatic hydroxyl groups excluding tert-OH is 1. The Morgan fingerprint density at radius 2 is 1.95 bits per heavy atom. The third kappa shape index (κ3) is 5.31. The van der Waals surface area contributed by atoms with Crippen molar-refractivity contribution in [2.75, 3.05) is 50.6 Å². The van der Waals surface area contributed by atoms with E-state index < -0.39 is 0 Å². The van der Waals surface area contributed by atoms with Crippen molar-refractivity contribution >= 4 is 38.9 Å². The lowest BCUT2D eigenvalue weighted by molar-refractivity contribution is 0.243. The molecule has 9 nitrogen and oxygen atoms in total. The van der Waals surface area contributed by atoms with Gasteiger partial charge in [-0.05, 0) is 45.2 Å². The van der Waals surface area contributed by atoms with Crippen LogP contribution in [0.2, 0.25) is 0 Å². The quantitative estimate of drug-likeness (QED) is 0.347. The second-order valence-electron chi connectivity index (χ2n) is 9.29. The molecule has 0 spiro atoms. The minimum atomic E-state index is -0.114. The number of aliphatic hydroxyl groups is 1. The number of methoxy groups -OCH3 is 1. The predicted octanol–water partition coefficient (Wildman–Crippen LogP) is 4.54. The Bertz CT molecular complexity index is 1380. The Balaban J connectivity index is 1.51. The van der Waals surface area contributed by atoms with Crippen LogP contribution in [-0.2, 0) is 6.61 Å². The highest BCUT2D eigenvalue weighted by atomic mass is 32.1. The molecule has 0 amide bonds. The molecule has 1 aliphatic heterocycles. The standard InChI is InChI=1S/C27H32N6O3S/c1-17(2)36-21-14-18(33-12-10-32(3)11-13-33)7-8-20(21)30-27-29-15-22-25(31-27)24(23(16-34)37-22)19-6-5-9-28-26(19)35-4/h5-9,14-15,17,34H,10-13,16H2,1-4H3,(H,29,30,31). The first-order chi connectivity index (χ1) is 18.0. The van der Waals surface area contributed by atoms with E-state index in [0.29, 0.717) is 11.8 Å². The fourth-order valence-electron chi connectivity index (χ4n) is 4.48. The number of thiophene rings is 1. The van der Waals surface area contributed by atoms with Crippen LogP contribution in [-0.4, -0.2) is 71.4 Å². The number of hydrogen-bond acceptors (Lipinski definition) is 10. The molecular formula is C27H32N6O3S. The Hall–Kier alpha value is -3.47. The molecule has 5 rings (SSSR count). The summed E-state index contributed by atoms with van der Waals surface area (Å²) in [6.45, 7) is 7.96. The molecule has 2 N–H and O–H groups in total. The van der Waals surface area contributed by atoms with Gasteiger partial charge in [-0.15, -0.1) is 11.3 Å². The van der Waals surface area contributed by atoms with Crippen LogP contribution < -0.4 is 19.7 Å². The molecule has 1 fully saturated rings. The van der Waals surface area contributed by atoms with Gasteiger partial charge in [0.15, 0.2) is 0 Å². The maximum atomic E-state index is 10.1. The zero-order chi connectivity index (χ0) is 25.9. The summed E-state index contributed by atoms with van der Waals surface area (Å²) >= 11 is 1.46. The van der Waals surface area contributed by atoms with Crippen molar-refractivity contribution in [3.05, 3.63) is 47.6 Å². The second-order valence-corrected chi connectivity index (χ2v) is 10.4. The first-order valence-corrected chi connectivity index (χ1v) is 13.2. The number of anilines is 3. The largest absolute Gasteiger partial charge is 0.489 e. The number of hydrogen-bond donors (Lipinski definition) is 2. The van der Waals surface area contributed by atoms with Crippen molar-refractivity contribution in [3.63, 3.8) is 0 Å². The van der Waals surface area contributed by atoms with Gasteiger partial charge in [0.25, 0.3) is 0 Å². The summed E-state index contributed by atoms with van der Waals surface area (Å²) in [6.07, 6.45) is 3.47. The highest BCUT2D eigenvalue weighted by Gasteiger charge is 2.21. The molecule has 0 unspecified atom stereocenters. The molecule has 194 valence electrons. The Labute approximate surface area is 220 Å². The fourth-order valence-corrected chi connectivity index (χ4v) is 5.47. The fraction of sp³-hybridized carbons (Fsp3) is 0.370. The first kappa shape index (κ1) is 25.2. The lowest BCUT2D eigenvalue weighted by Gasteiger charge is -2.34. The lowest BCUT2D eigenvalue weighted by Crippen LogP contribution is -2.44. The summed E-state index contributed by atoms with van der Waals surface area (Å²) in [4.78, 5) is 19.3. The SMILES string of the molecule is COc1ncccc1-c1c(CO)sc2cnc(Nc3ccc(N4CCN(C)CC4)cc3OC(C)C)nc12. The van der Waals surface area contributed by atoms with Gasteiger partial charge in [0.05, 0.1) is 41.9 Å². The molecule has 0 bridgehead atoms. The smallest absolute Gasteiger partial charge is 0.227 e. The van der Waals surface area contributed by atoms with Crippen LogP contribution in [0.15, 0.2) is 42.7 Å². The molecule has 0 radical (unpaired) electrons. The van der Waals surface area contributed by atoms with E-state index in [0.717, 1.165) is 69.5 Å². The number of fused-ring (bicyclic) bond motifs is 1. The van der Waals surface area contributed by atoms with E-state index in [1.54, 1.807) is 19.5 Å². The maximum Gasteiger partial charge on any atom is 0.227 e. The van der Waals surface area contributed by atoms with Gasteiger partial charge in [-0.2, -0.15) is 0 Å². The highest BCUT2D eigenvalue weighted by Crippen LogP contribution is 2.41. The molecule has 1 aromatic carbocycles. The minimum absolute atomic E-state index is 0.0142. The van der Waals surface area contributed by atoms with E-state index in [9.17, 15) is 5.11 Å². The van der Waals surface area contributed by atoms with Crippen LogP contribution in [0.3, 0.4) is 0 Å². The molecule has 0 atom stereocenters. The number of benzene rings is 1. The normalized spacial score (nSPS) is 14.4. The monoisotopic (exact) mass is 520 g/mol. The summed E-state index contributed by atoms with van der Waals surface area (Å²) in [5.74, 6) is 1.68. The number of likely N-dealkylation sites (N-methyl/N-ethyl adjacent to an activating group) is 1. The summed E-state index contributed by atoms with van der Waals surface area (Å²) in [5, 5.41) is 13.4.